The molecule has 3 N–H and O–H groups in total. The molecule has 0 amide bonds. The van der Waals surface area contributed by atoms with E-state index in [9.17, 15) is 4.79 Å². The van der Waals surface area contributed by atoms with Crippen LogP contribution in [-0.4, -0.2) is 25.2 Å². The zero-order valence-corrected chi connectivity index (χ0v) is 11.2. The number of hydrogen-bond acceptors (Lipinski definition) is 4. The summed E-state index contributed by atoms with van der Waals surface area (Å²) in [5, 5.41) is 3.49. The highest BCUT2D eigenvalue weighted by Crippen LogP contribution is 2.14. The first kappa shape index (κ1) is 13.9. The van der Waals surface area contributed by atoms with Gasteiger partial charge in [0.2, 0.25) is 0 Å². The minimum Gasteiger partial charge on any atom is -0.462 e. The molecule has 1 unspecified atom stereocenters. The summed E-state index contributed by atoms with van der Waals surface area (Å²) in [5.74, 6) is -0.327. The smallest absolute Gasteiger partial charge is 0.340 e. The van der Waals surface area contributed by atoms with E-state index in [0.29, 0.717) is 23.9 Å². The highest BCUT2D eigenvalue weighted by atomic mass is 16.5. The van der Waals surface area contributed by atoms with Gasteiger partial charge >= 0.3 is 5.97 Å². The highest BCUT2D eigenvalue weighted by molar-refractivity contribution is 5.94. The Morgan fingerprint density at radius 1 is 1.32 bits per heavy atom. The van der Waals surface area contributed by atoms with E-state index in [1.165, 1.54) is 25.7 Å². The number of hydrogen-bond donors (Lipinski definition) is 2. The molecule has 19 heavy (non-hydrogen) atoms. The van der Waals surface area contributed by atoms with Crippen LogP contribution in [-0.2, 0) is 4.74 Å². The topological polar surface area (TPSA) is 64.4 Å². The summed E-state index contributed by atoms with van der Waals surface area (Å²) >= 11 is 0. The Labute approximate surface area is 114 Å². The molecule has 1 saturated heterocycles. The minimum absolute atomic E-state index is 0.327. The van der Waals surface area contributed by atoms with Crippen molar-refractivity contribution >= 4 is 11.7 Å². The number of nitrogens with one attached hydrogen (secondary N) is 1. The molecule has 1 atom stereocenters. The monoisotopic (exact) mass is 262 g/mol. The second-order valence-corrected chi connectivity index (χ2v) is 5.01. The number of rotatable bonds is 4. The van der Waals surface area contributed by atoms with Crippen molar-refractivity contribution in [1.29, 1.82) is 0 Å². The van der Waals surface area contributed by atoms with Crippen LogP contribution >= 0.6 is 0 Å². The quantitative estimate of drug-likeness (QED) is 0.646. The Morgan fingerprint density at radius 3 is 3.00 bits per heavy atom. The van der Waals surface area contributed by atoms with E-state index in [-0.39, 0.29) is 5.97 Å². The van der Waals surface area contributed by atoms with Gasteiger partial charge in [-0.25, -0.2) is 4.79 Å². The number of nitrogens with two attached hydrogens (primary N) is 1. The third kappa shape index (κ3) is 4.24. The lowest BCUT2D eigenvalue weighted by Crippen LogP contribution is -2.29. The van der Waals surface area contributed by atoms with Crippen molar-refractivity contribution < 1.29 is 9.53 Å². The van der Waals surface area contributed by atoms with Gasteiger partial charge < -0.3 is 15.8 Å². The molecule has 0 bridgehead atoms. The molecule has 4 heteroatoms. The fraction of sp³-hybridized carbons (Fsp3) is 0.533. The fourth-order valence-corrected chi connectivity index (χ4v) is 2.40. The van der Waals surface area contributed by atoms with Crippen LogP contribution in [0.1, 0.15) is 42.5 Å². The molecule has 0 aliphatic carbocycles. The predicted molar refractivity (Wildman–Crippen MR) is 76.0 cm³/mol. The lowest BCUT2D eigenvalue weighted by molar-refractivity contribution is 0.0490. The Bertz CT molecular complexity index is 412. The van der Waals surface area contributed by atoms with Crippen LogP contribution < -0.4 is 11.1 Å². The van der Waals surface area contributed by atoms with Crippen molar-refractivity contribution in [2.24, 2.45) is 0 Å². The summed E-state index contributed by atoms with van der Waals surface area (Å²) in [5.41, 5.74) is 6.67. The minimum atomic E-state index is -0.327. The molecule has 2 rings (SSSR count). The van der Waals surface area contributed by atoms with E-state index >= 15 is 0 Å². The molecule has 1 aromatic carbocycles. The molecule has 0 radical (unpaired) electrons. The van der Waals surface area contributed by atoms with E-state index in [0.717, 1.165) is 13.0 Å². The van der Waals surface area contributed by atoms with E-state index in [1.807, 2.05) is 6.07 Å². The van der Waals surface area contributed by atoms with E-state index in [1.54, 1.807) is 18.2 Å². The molecule has 4 nitrogen and oxygen atoms in total. The van der Waals surface area contributed by atoms with Crippen LogP contribution in [0.15, 0.2) is 24.3 Å². The number of nitrogen functional groups attached to an aromatic ring is 1. The highest BCUT2D eigenvalue weighted by Gasteiger charge is 2.14. The van der Waals surface area contributed by atoms with Crippen LogP contribution in [0.4, 0.5) is 5.69 Å². The molecule has 1 heterocycles. The zero-order valence-electron chi connectivity index (χ0n) is 11.2. The summed E-state index contributed by atoms with van der Waals surface area (Å²) in [7, 11) is 0. The van der Waals surface area contributed by atoms with Crippen molar-refractivity contribution in [2.45, 2.75) is 38.1 Å². The average Bonchev–Trinajstić information content (AvgIpc) is 2.68. The van der Waals surface area contributed by atoms with Crippen molar-refractivity contribution in [3.8, 4) is 0 Å². The van der Waals surface area contributed by atoms with Gasteiger partial charge in [-0.05, 0) is 37.9 Å². The molecule has 0 saturated carbocycles. The van der Waals surface area contributed by atoms with Gasteiger partial charge in [0, 0.05) is 11.7 Å². The summed E-state index contributed by atoms with van der Waals surface area (Å²) in [6.07, 6.45) is 5.85. The van der Waals surface area contributed by atoms with Gasteiger partial charge in [0.15, 0.2) is 0 Å². The molecule has 0 aromatic heterocycles. The van der Waals surface area contributed by atoms with Crippen LogP contribution in [0, 0.1) is 0 Å². The summed E-state index contributed by atoms with van der Waals surface area (Å²) in [4.78, 5) is 11.9. The van der Waals surface area contributed by atoms with Crippen molar-refractivity contribution in [2.75, 3.05) is 18.9 Å². The molecule has 1 aromatic rings. The van der Waals surface area contributed by atoms with Crippen molar-refractivity contribution in [3.05, 3.63) is 29.8 Å². The van der Waals surface area contributed by atoms with Crippen LogP contribution in [0.2, 0.25) is 0 Å². The first-order valence-corrected chi connectivity index (χ1v) is 7.02. The molecule has 1 aliphatic rings. The number of benzene rings is 1. The number of anilines is 1. The number of carbonyl (C=O) groups excluding carboxylic acids is 1. The molecule has 104 valence electrons. The molecular weight excluding hydrogens is 240 g/mol. The SMILES string of the molecule is Nc1ccccc1C(=O)OCCC1CCCCCN1. The Balaban J connectivity index is 1.76. The predicted octanol–water partition coefficient (Wildman–Crippen LogP) is 2.35. The number of para-hydroxylation sites is 1. The van der Waals surface area contributed by atoms with E-state index < -0.39 is 0 Å². The van der Waals surface area contributed by atoms with Crippen LogP contribution in [0.3, 0.4) is 0 Å². The van der Waals surface area contributed by atoms with Gasteiger partial charge in [-0.3, -0.25) is 0 Å². The first-order valence-electron chi connectivity index (χ1n) is 7.02. The average molecular weight is 262 g/mol. The maximum atomic E-state index is 11.9. The maximum Gasteiger partial charge on any atom is 0.340 e. The maximum absolute atomic E-state index is 11.9. The van der Waals surface area contributed by atoms with Gasteiger partial charge in [-0.1, -0.05) is 25.0 Å². The summed E-state index contributed by atoms with van der Waals surface area (Å²) in [6.45, 7) is 1.52. The largest absolute Gasteiger partial charge is 0.462 e. The Hall–Kier alpha value is -1.55. The standard InChI is InChI=1S/C15H22N2O2/c16-14-8-4-3-7-13(14)15(18)19-11-9-12-6-2-1-5-10-17-12/h3-4,7-8,12,17H,1-2,5-6,9-11,16H2. The van der Waals surface area contributed by atoms with E-state index in [2.05, 4.69) is 5.32 Å². The molecular formula is C15H22N2O2. The Morgan fingerprint density at radius 2 is 2.16 bits per heavy atom. The molecule has 0 spiro atoms. The second-order valence-electron chi connectivity index (χ2n) is 5.01. The van der Waals surface area contributed by atoms with Crippen molar-refractivity contribution in [1.82, 2.24) is 5.32 Å². The van der Waals surface area contributed by atoms with E-state index in [4.69, 9.17) is 10.5 Å². The zero-order chi connectivity index (χ0) is 13.5. The van der Waals surface area contributed by atoms with Gasteiger partial charge in [0.25, 0.3) is 0 Å². The van der Waals surface area contributed by atoms with Crippen LogP contribution in [0.5, 0.6) is 0 Å². The van der Waals surface area contributed by atoms with Gasteiger partial charge in [-0.15, -0.1) is 0 Å². The summed E-state index contributed by atoms with van der Waals surface area (Å²) in [6, 6.07) is 7.48. The Kier molecular flexibility index (Phi) is 5.21. The van der Waals surface area contributed by atoms with Gasteiger partial charge in [0.1, 0.15) is 0 Å². The van der Waals surface area contributed by atoms with Crippen LogP contribution in [0.25, 0.3) is 0 Å². The third-order valence-corrected chi connectivity index (χ3v) is 3.54. The number of carbonyl (C=O) groups is 1. The first-order chi connectivity index (χ1) is 9.27. The summed E-state index contributed by atoms with van der Waals surface area (Å²) < 4.78 is 5.29. The number of esters is 1. The fourth-order valence-electron chi connectivity index (χ4n) is 2.40. The number of ether oxygens (including phenoxy) is 1. The second kappa shape index (κ2) is 7.14. The lowest BCUT2D eigenvalue weighted by atomic mass is 10.1. The lowest BCUT2D eigenvalue weighted by Gasteiger charge is -2.15. The normalized spacial score (nSPS) is 19.7. The molecule has 1 fully saturated rings. The van der Waals surface area contributed by atoms with Crippen molar-refractivity contribution in [3.63, 3.8) is 0 Å². The third-order valence-electron chi connectivity index (χ3n) is 3.54. The molecule has 1 aliphatic heterocycles. The van der Waals surface area contributed by atoms with Gasteiger partial charge in [0.05, 0.1) is 12.2 Å². The van der Waals surface area contributed by atoms with Gasteiger partial charge in [-0.2, -0.15) is 0 Å².